The highest BCUT2D eigenvalue weighted by atomic mass is 35.5. The minimum Gasteiger partial charge on any atom is -0.379 e. The summed E-state index contributed by atoms with van der Waals surface area (Å²) in [6.45, 7) is 5.94. The Morgan fingerprint density at radius 3 is 2.29 bits per heavy atom. The largest absolute Gasteiger partial charge is 0.379 e. The maximum atomic E-state index is 12.6. The molecule has 0 atom stereocenters. The molecule has 0 N–H and O–H groups in total. The zero-order valence-corrected chi connectivity index (χ0v) is 15.4. The third-order valence-corrected chi connectivity index (χ3v) is 6.95. The Hall–Kier alpha value is -0.660. The maximum absolute atomic E-state index is 12.6. The lowest BCUT2D eigenvalue weighted by Gasteiger charge is -2.35. The molecular formula is C17H25ClN2O3S. The van der Waals surface area contributed by atoms with E-state index in [0.717, 1.165) is 51.3 Å². The molecular weight excluding hydrogens is 348 g/mol. The van der Waals surface area contributed by atoms with Crippen molar-refractivity contribution < 1.29 is 13.2 Å². The van der Waals surface area contributed by atoms with Gasteiger partial charge in [0.05, 0.1) is 19.0 Å². The highest BCUT2D eigenvalue weighted by molar-refractivity contribution is 7.88. The third-order valence-electron chi connectivity index (χ3n) is 4.85. The molecule has 0 aliphatic carbocycles. The molecule has 7 heteroatoms. The first-order valence-electron chi connectivity index (χ1n) is 8.55. The smallest absolute Gasteiger partial charge is 0.218 e. The van der Waals surface area contributed by atoms with Crippen LogP contribution in [0.5, 0.6) is 0 Å². The fourth-order valence-electron chi connectivity index (χ4n) is 3.40. The molecule has 0 spiro atoms. The molecule has 1 aromatic carbocycles. The molecule has 3 rings (SSSR count). The van der Waals surface area contributed by atoms with Crippen LogP contribution >= 0.6 is 11.6 Å². The molecule has 2 saturated heterocycles. The van der Waals surface area contributed by atoms with Gasteiger partial charge in [0.2, 0.25) is 10.0 Å². The number of hydrogen-bond donors (Lipinski definition) is 0. The van der Waals surface area contributed by atoms with Crippen LogP contribution in [0.15, 0.2) is 24.3 Å². The molecule has 2 aliphatic rings. The molecule has 0 aromatic heterocycles. The minimum absolute atomic E-state index is 0.0539. The van der Waals surface area contributed by atoms with Crippen molar-refractivity contribution in [3.8, 4) is 0 Å². The summed E-state index contributed by atoms with van der Waals surface area (Å²) in [5.74, 6) is 0.642. The van der Waals surface area contributed by atoms with Gasteiger partial charge in [-0.05, 0) is 36.5 Å². The van der Waals surface area contributed by atoms with Crippen LogP contribution in [0.2, 0.25) is 5.02 Å². The molecule has 0 unspecified atom stereocenters. The zero-order valence-electron chi connectivity index (χ0n) is 13.9. The lowest BCUT2D eigenvalue weighted by Crippen LogP contribution is -2.44. The van der Waals surface area contributed by atoms with E-state index in [2.05, 4.69) is 4.90 Å². The Bertz CT molecular complexity index is 622. The van der Waals surface area contributed by atoms with E-state index in [-0.39, 0.29) is 5.75 Å². The number of ether oxygens (including phenoxy) is 1. The van der Waals surface area contributed by atoms with Gasteiger partial charge in [-0.3, -0.25) is 4.90 Å². The molecule has 134 valence electrons. The Morgan fingerprint density at radius 1 is 1.04 bits per heavy atom. The number of sulfonamides is 1. The number of benzene rings is 1. The number of nitrogens with zero attached hydrogens (tertiary/aromatic N) is 2. The summed E-state index contributed by atoms with van der Waals surface area (Å²) in [5.41, 5.74) is 0.787. The van der Waals surface area contributed by atoms with Gasteiger partial charge in [-0.25, -0.2) is 12.7 Å². The second-order valence-electron chi connectivity index (χ2n) is 6.64. The fraction of sp³-hybridized carbons (Fsp3) is 0.647. The van der Waals surface area contributed by atoms with Gasteiger partial charge < -0.3 is 4.74 Å². The molecule has 0 radical (unpaired) electrons. The monoisotopic (exact) mass is 372 g/mol. The molecule has 2 fully saturated rings. The van der Waals surface area contributed by atoms with Crippen LogP contribution in [0.25, 0.3) is 0 Å². The summed E-state index contributed by atoms with van der Waals surface area (Å²) in [7, 11) is -3.25. The highest BCUT2D eigenvalue weighted by Gasteiger charge is 2.29. The topological polar surface area (TPSA) is 49.9 Å². The van der Waals surface area contributed by atoms with E-state index < -0.39 is 10.0 Å². The predicted octanol–water partition coefficient (Wildman–Crippen LogP) is 2.21. The van der Waals surface area contributed by atoms with Crippen LogP contribution in [-0.2, 0) is 20.5 Å². The van der Waals surface area contributed by atoms with Gasteiger partial charge in [-0.15, -0.1) is 0 Å². The van der Waals surface area contributed by atoms with Crippen molar-refractivity contribution in [3.05, 3.63) is 34.9 Å². The van der Waals surface area contributed by atoms with E-state index in [1.807, 2.05) is 0 Å². The lowest BCUT2D eigenvalue weighted by molar-refractivity contribution is 0.0269. The van der Waals surface area contributed by atoms with Gasteiger partial charge in [-0.1, -0.05) is 23.7 Å². The summed E-state index contributed by atoms with van der Waals surface area (Å²) >= 11 is 5.86. The molecule has 0 amide bonds. The average Bonchev–Trinajstić information content (AvgIpc) is 2.58. The standard InChI is InChI=1S/C17H25ClN2O3S/c18-17-3-1-16(2-4-17)14-24(21,22)20-7-5-15(6-8-20)13-19-9-11-23-12-10-19/h1-4,15H,5-14H2. The van der Waals surface area contributed by atoms with Crippen LogP contribution in [0.4, 0.5) is 0 Å². The van der Waals surface area contributed by atoms with Crippen molar-refractivity contribution in [1.82, 2.24) is 9.21 Å². The number of halogens is 1. The van der Waals surface area contributed by atoms with E-state index in [4.69, 9.17) is 16.3 Å². The molecule has 24 heavy (non-hydrogen) atoms. The zero-order chi connectivity index (χ0) is 17.0. The molecule has 2 heterocycles. The Morgan fingerprint density at radius 2 is 1.67 bits per heavy atom. The maximum Gasteiger partial charge on any atom is 0.218 e. The second kappa shape index (κ2) is 8.15. The van der Waals surface area contributed by atoms with Gasteiger partial charge in [0.1, 0.15) is 0 Å². The van der Waals surface area contributed by atoms with E-state index in [0.29, 0.717) is 24.0 Å². The lowest BCUT2D eigenvalue weighted by atomic mass is 9.97. The van der Waals surface area contributed by atoms with Gasteiger partial charge in [0.25, 0.3) is 0 Å². The van der Waals surface area contributed by atoms with Crippen molar-refractivity contribution in [2.75, 3.05) is 45.9 Å². The van der Waals surface area contributed by atoms with Gasteiger partial charge in [-0.2, -0.15) is 0 Å². The van der Waals surface area contributed by atoms with Crippen LogP contribution < -0.4 is 0 Å². The first kappa shape index (κ1) is 18.1. The number of hydrogen-bond acceptors (Lipinski definition) is 4. The molecule has 2 aliphatic heterocycles. The van der Waals surface area contributed by atoms with E-state index in [1.165, 1.54) is 0 Å². The fourth-order valence-corrected chi connectivity index (χ4v) is 5.09. The van der Waals surface area contributed by atoms with Crippen LogP contribution in [0.1, 0.15) is 18.4 Å². The summed E-state index contributed by atoms with van der Waals surface area (Å²) in [6, 6.07) is 7.04. The quantitative estimate of drug-likeness (QED) is 0.795. The number of rotatable bonds is 5. The summed E-state index contributed by atoms with van der Waals surface area (Å²) in [4.78, 5) is 2.44. The van der Waals surface area contributed by atoms with Gasteiger partial charge in [0.15, 0.2) is 0 Å². The van der Waals surface area contributed by atoms with Crippen molar-refractivity contribution in [2.45, 2.75) is 18.6 Å². The van der Waals surface area contributed by atoms with E-state index >= 15 is 0 Å². The summed E-state index contributed by atoms with van der Waals surface area (Å²) in [6.07, 6.45) is 1.88. The molecule has 0 bridgehead atoms. The summed E-state index contributed by atoms with van der Waals surface area (Å²) < 4.78 is 32.2. The van der Waals surface area contributed by atoms with Gasteiger partial charge >= 0.3 is 0 Å². The molecule has 1 aromatic rings. The van der Waals surface area contributed by atoms with Crippen molar-refractivity contribution in [1.29, 1.82) is 0 Å². The molecule has 0 saturated carbocycles. The SMILES string of the molecule is O=S(=O)(Cc1ccc(Cl)cc1)N1CCC(CN2CCOCC2)CC1. The summed E-state index contributed by atoms with van der Waals surface area (Å²) in [5, 5.41) is 0.625. The van der Waals surface area contributed by atoms with Crippen LogP contribution in [-0.4, -0.2) is 63.6 Å². The average molecular weight is 373 g/mol. The van der Waals surface area contributed by atoms with Crippen LogP contribution in [0.3, 0.4) is 0 Å². The normalized spacial score (nSPS) is 21.9. The number of piperidine rings is 1. The Labute approximate surface area is 149 Å². The van der Waals surface area contributed by atoms with E-state index in [9.17, 15) is 8.42 Å². The third kappa shape index (κ3) is 4.92. The second-order valence-corrected chi connectivity index (χ2v) is 9.04. The van der Waals surface area contributed by atoms with Crippen LogP contribution in [0, 0.1) is 5.92 Å². The highest BCUT2D eigenvalue weighted by Crippen LogP contribution is 2.23. The van der Waals surface area contributed by atoms with Crippen molar-refractivity contribution in [2.24, 2.45) is 5.92 Å². The first-order valence-corrected chi connectivity index (χ1v) is 10.5. The predicted molar refractivity (Wildman–Crippen MR) is 95.6 cm³/mol. The Kier molecular flexibility index (Phi) is 6.16. The van der Waals surface area contributed by atoms with Crippen molar-refractivity contribution >= 4 is 21.6 Å². The Balaban J connectivity index is 1.50. The van der Waals surface area contributed by atoms with E-state index in [1.54, 1.807) is 28.6 Å². The molecule has 5 nitrogen and oxygen atoms in total. The number of morpholine rings is 1. The van der Waals surface area contributed by atoms with Crippen molar-refractivity contribution in [3.63, 3.8) is 0 Å². The van der Waals surface area contributed by atoms with Gasteiger partial charge in [0, 0.05) is 37.7 Å². The minimum atomic E-state index is -3.25. The first-order chi connectivity index (χ1) is 11.5.